The molecule has 0 fully saturated rings. The Morgan fingerprint density at radius 1 is 0.974 bits per heavy atom. The van der Waals surface area contributed by atoms with E-state index in [2.05, 4.69) is 11.1 Å². The predicted octanol–water partition coefficient (Wildman–Crippen LogP) is 5.17. The first-order valence-electron chi connectivity index (χ1n) is 12.5. The molecule has 200 valence electrons. The number of carbonyl (C=O) groups excluding carboxylic acids is 2. The molecule has 0 aromatic heterocycles. The maximum atomic E-state index is 13.6. The molecule has 2 amide bonds. The predicted molar refractivity (Wildman–Crippen MR) is 155 cm³/mol. The Bertz CT molecular complexity index is 1430. The normalized spacial score (nSPS) is 15.7. The van der Waals surface area contributed by atoms with Crippen LogP contribution in [0.4, 0.5) is 11.4 Å². The van der Waals surface area contributed by atoms with Crippen LogP contribution in [0.2, 0.25) is 0 Å². The number of fused-ring (bicyclic) bond motifs is 1. The summed E-state index contributed by atoms with van der Waals surface area (Å²) in [5, 5.41) is 0.448. The van der Waals surface area contributed by atoms with Crippen LogP contribution < -0.4 is 24.0 Å². The van der Waals surface area contributed by atoms with E-state index in [1.54, 1.807) is 23.1 Å². The smallest absolute Gasteiger partial charge is 0.283 e. The van der Waals surface area contributed by atoms with Crippen molar-refractivity contribution in [3.63, 3.8) is 0 Å². The molecule has 0 spiro atoms. The summed E-state index contributed by atoms with van der Waals surface area (Å²) in [6.45, 7) is 0.677. The Labute approximate surface area is 231 Å². The molecular weight excluding hydrogens is 514 g/mol. The third-order valence-electron chi connectivity index (χ3n) is 6.57. The molecule has 39 heavy (non-hydrogen) atoms. The van der Waals surface area contributed by atoms with Crippen LogP contribution in [0.1, 0.15) is 17.5 Å². The molecule has 2 heterocycles. The van der Waals surface area contributed by atoms with Crippen LogP contribution in [-0.4, -0.2) is 50.6 Å². The summed E-state index contributed by atoms with van der Waals surface area (Å²) in [7, 11) is 4.61. The molecule has 0 aliphatic carbocycles. The molecule has 2 aliphatic rings. The van der Waals surface area contributed by atoms with Gasteiger partial charge in [-0.2, -0.15) is 0 Å². The van der Waals surface area contributed by atoms with E-state index < -0.39 is 0 Å². The Kier molecular flexibility index (Phi) is 7.88. The third-order valence-corrected chi connectivity index (χ3v) is 7.49. The number of aryl methyl sites for hydroxylation is 1. The van der Waals surface area contributed by atoms with E-state index in [0.29, 0.717) is 40.2 Å². The van der Waals surface area contributed by atoms with Gasteiger partial charge in [-0.1, -0.05) is 48.2 Å². The van der Waals surface area contributed by atoms with Crippen LogP contribution in [0.15, 0.2) is 77.4 Å². The summed E-state index contributed by atoms with van der Waals surface area (Å²) in [5.74, 6) is 1.26. The molecule has 0 N–H and O–H groups in total. The number of nitrogens with zero attached hydrogens (tertiary/aromatic N) is 3. The third kappa shape index (κ3) is 5.35. The molecule has 5 rings (SSSR count). The molecule has 0 atom stereocenters. The van der Waals surface area contributed by atoms with Crippen LogP contribution >= 0.6 is 11.8 Å². The Hall–Kier alpha value is -4.24. The van der Waals surface area contributed by atoms with Gasteiger partial charge in [-0.25, -0.2) is 4.99 Å². The Morgan fingerprint density at radius 2 is 1.67 bits per heavy atom. The van der Waals surface area contributed by atoms with E-state index >= 15 is 0 Å². The van der Waals surface area contributed by atoms with Crippen LogP contribution in [0.25, 0.3) is 6.08 Å². The zero-order valence-corrected chi connectivity index (χ0v) is 22.9. The number of rotatable bonds is 7. The minimum Gasteiger partial charge on any atom is -0.493 e. The second-order valence-electron chi connectivity index (χ2n) is 8.93. The average Bonchev–Trinajstić information content (AvgIpc) is 3.29. The second-order valence-corrected chi connectivity index (χ2v) is 9.87. The fraction of sp³-hybridized carbons (Fsp3) is 0.233. The lowest BCUT2D eigenvalue weighted by Gasteiger charge is -2.29. The lowest BCUT2D eigenvalue weighted by atomic mass is 10.0. The number of anilines is 2. The lowest BCUT2D eigenvalue weighted by molar-refractivity contribution is -0.116. The molecule has 2 aliphatic heterocycles. The van der Waals surface area contributed by atoms with Crippen molar-refractivity contribution in [2.75, 3.05) is 43.4 Å². The average molecular weight is 544 g/mol. The first-order chi connectivity index (χ1) is 19.0. The molecule has 3 aromatic rings. The number of methoxy groups -OCH3 is 3. The van der Waals surface area contributed by atoms with Crippen LogP contribution in [-0.2, 0) is 16.0 Å². The van der Waals surface area contributed by atoms with Gasteiger partial charge in [0.2, 0.25) is 11.7 Å². The number of hydrogen-bond donors (Lipinski definition) is 0. The van der Waals surface area contributed by atoms with Gasteiger partial charge < -0.3 is 19.1 Å². The van der Waals surface area contributed by atoms with E-state index in [4.69, 9.17) is 14.2 Å². The summed E-state index contributed by atoms with van der Waals surface area (Å²) in [5.41, 5.74) is 3.72. The highest BCUT2D eigenvalue weighted by atomic mass is 32.2. The zero-order valence-electron chi connectivity index (χ0n) is 22.0. The van der Waals surface area contributed by atoms with Crippen molar-refractivity contribution in [2.24, 2.45) is 4.99 Å². The van der Waals surface area contributed by atoms with Crippen molar-refractivity contribution in [1.82, 2.24) is 0 Å². The Morgan fingerprint density at radius 3 is 2.36 bits per heavy atom. The highest BCUT2D eigenvalue weighted by molar-refractivity contribution is 8.14. The van der Waals surface area contributed by atoms with E-state index in [9.17, 15) is 9.59 Å². The topological polar surface area (TPSA) is 80.7 Å². The van der Waals surface area contributed by atoms with Gasteiger partial charge >= 0.3 is 0 Å². The molecule has 0 unspecified atom stereocenters. The summed E-state index contributed by atoms with van der Waals surface area (Å²) < 4.78 is 16.3. The summed E-state index contributed by atoms with van der Waals surface area (Å²) >= 11 is 1.26. The molecule has 8 nitrogen and oxygen atoms in total. The molecule has 3 aromatic carbocycles. The largest absolute Gasteiger partial charge is 0.493 e. The standard InChI is InChI=1S/C30H29N3O5S/c1-36-25-17-20(18-26(37-2)28(25)38-3)16-23-29(35)33(22-12-5-4-6-13-22)30(31-23)39-19-27(34)32-15-9-11-21-10-7-8-14-24(21)32/h4-8,10,12-14,16-18H,9,11,15,19H2,1-3H3. The van der Waals surface area contributed by atoms with Crippen LogP contribution in [0, 0.1) is 0 Å². The van der Waals surface area contributed by atoms with Gasteiger partial charge in [-0.15, -0.1) is 0 Å². The van der Waals surface area contributed by atoms with Crippen molar-refractivity contribution in [2.45, 2.75) is 12.8 Å². The molecule has 9 heteroatoms. The lowest BCUT2D eigenvalue weighted by Crippen LogP contribution is -2.37. The highest BCUT2D eigenvalue weighted by Gasteiger charge is 2.33. The number of para-hydroxylation sites is 2. The van der Waals surface area contributed by atoms with Crippen LogP contribution in [0.5, 0.6) is 17.2 Å². The van der Waals surface area contributed by atoms with Crippen molar-refractivity contribution in [3.8, 4) is 17.2 Å². The molecule has 0 bridgehead atoms. The number of amidine groups is 1. The SMILES string of the molecule is COc1cc(C=C2N=C(SCC(=O)N3CCCc4ccccc43)N(c3ccccc3)C2=O)cc(OC)c1OC. The van der Waals surface area contributed by atoms with Crippen molar-refractivity contribution < 1.29 is 23.8 Å². The summed E-state index contributed by atoms with van der Waals surface area (Å²) in [6, 6.07) is 20.8. The highest BCUT2D eigenvalue weighted by Crippen LogP contribution is 2.39. The fourth-order valence-electron chi connectivity index (χ4n) is 4.74. The number of benzene rings is 3. The van der Waals surface area contributed by atoms with E-state index in [0.717, 1.165) is 18.5 Å². The molecule has 0 radical (unpaired) electrons. The number of amides is 2. The van der Waals surface area contributed by atoms with Gasteiger partial charge in [0.15, 0.2) is 16.7 Å². The second kappa shape index (κ2) is 11.7. The van der Waals surface area contributed by atoms with Crippen molar-refractivity contribution >= 4 is 46.2 Å². The molecular formula is C30H29N3O5S. The van der Waals surface area contributed by atoms with Gasteiger partial charge in [0.25, 0.3) is 5.91 Å². The van der Waals surface area contributed by atoms with Gasteiger partial charge in [0.1, 0.15) is 5.70 Å². The van der Waals surface area contributed by atoms with Gasteiger partial charge in [-0.05, 0) is 60.4 Å². The fourth-order valence-corrected chi connectivity index (χ4v) is 5.63. The van der Waals surface area contributed by atoms with E-state index in [1.807, 2.05) is 53.4 Å². The van der Waals surface area contributed by atoms with Gasteiger partial charge in [-0.3, -0.25) is 14.5 Å². The number of thioether (sulfide) groups is 1. The maximum Gasteiger partial charge on any atom is 0.283 e. The number of carbonyl (C=O) groups is 2. The summed E-state index contributed by atoms with van der Waals surface area (Å²) in [4.78, 5) is 35.0. The molecule has 0 saturated heterocycles. The number of ether oxygens (including phenoxy) is 3. The monoisotopic (exact) mass is 543 g/mol. The van der Waals surface area contributed by atoms with E-state index in [1.165, 1.54) is 38.7 Å². The van der Waals surface area contributed by atoms with Crippen LogP contribution in [0.3, 0.4) is 0 Å². The number of aliphatic imine (C=N–C) groups is 1. The number of hydrogen-bond acceptors (Lipinski definition) is 7. The summed E-state index contributed by atoms with van der Waals surface area (Å²) in [6.07, 6.45) is 3.56. The van der Waals surface area contributed by atoms with Gasteiger partial charge in [0, 0.05) is 12.2 Å². The van der Waals surface area contributed by atoms with Crippen molar-refractivity contribution in [3.05, 3.63) is 83.6 Å². The Balaban J connectivity index is 1.45. The maximum absolute atomic E-state index is 13.6. The van der Waals surface area contributed by atoms with E-state index in [-0.39, 0.29) is 23.3 Å². The van der Waals surface area contributed by atoms with Crippen molar-refractivity contribution in [1.29, 1.82) is 0 Å². The quantitative estimate of drug-likeness (QED) is 0.383. The minimum absolute atomic E-state index is 0.0163. The molecule has 0 saturated carbocycles. The minimum atomic E-state index is -0.284. The van der Waals surface area contributed by atoms with Gasteiger partial charge in [0.05, 0.1) is 32.8 Å². The zero-order chi connectivity index (χ0) is 27.4. The first-order valence-corrected chi connectivity index (χ1v) is 13.5. The first kappa shape index (κ1) is 26.4.